The van der Waals surface area contributed by atoms with Gasteiger partial charge in [0, 0.05) is 29.2 Å². The van der Waals surface area contributed by atoms with Crippen molar-refractivity contribution in [3.8, 4) is 11.3 Å². The highest BCUT2D eigenvalue weighted by molar-refractivity contribution is 7.14. The van der Waals surface area contributed by atoms with Crippen molar-refractivity contribution in [2.24, 2.45) is 7.05 Å². The summed E-state index contributed by atoms with van der Waals surface area (Å²) in [5.74, 6) is -1.34. The molecular formula is C17H16F2N4OS. The molecule has 0 aliphatic rings. The van der Waals surface area contributed by atoms with Crippen LogP contribution >= 0.6 is 11.3 Å². The molecule has 0 atom stereocenters. The van der Waals surface area contributed by atoms with Crippen molar-refractivity contribution in [1.82, 2.24) is 14.8 Å². The van der Waals surface area contributed by atoms with Crippen molar-refractivity contribution in [3.05, 3.63) is 52.2 Å². The Morgan fingerprint density at radius 2 is 2.08 bits per heavy atom. The Morgan fingerprint density at radius 3 is 2.76 bits per heavy atom. The van der Waals surface area contributed by atoms with Crippen molar-refractivity contribution in [2.75, 3.05) is 5.32 Å². The van der Waals surface area contributed by atoms with Gasteiger partial charge in [-0.2, -0.15) is 5.10 Å². The summed E-state index contributed by atoms with van der Waals surface area (Å²) >= 11 is 1.16. The van der Waals surface area contributed by atoms with E-state index in [0.29, 0.717) is 5.13 Å². The minimum Gasteiger partial charge on any atom is -0.302 e. The minimum absolute atomic E-state index is 0.0655. The molecule has 1 aromatic carbocycles. The first-order valence-electron chi connectivity index (χ1n) is 7.55. The van der Waals surface area contributed by atoms with Crippen molar-refractivity contribution in [2.45, 2.75) is 20.3 Å². The van der Waals surface area contributed by atoms with E-state index < -0.39 is 11.6 Å². The molecule has 8 heteroatoms. The number of aromatic nitrogens is 3. The van der Waals surface area contributed by atoms with Crippen LogP contribution in [0.2, 0.25) is 0 Å². The summed E-state index contributed by atoms with van der Waals surface area (Å²) in [7, 11) is 1.82. The zero-order valence-electron chi connectivity index (χ0n) is 13.9. The second-order valence-corrected chi connectivity index (χ2v) is 6.52. The van der Waals surface area contributed by atoms with Crippen molar-refractivity contribution in [3.63, 3.8) is 0 Å². The minimum atomic E-state index is -0.564. The number of hydrogen-bond donors (Lipinski definition) is 1. The van der Waals surface area contributed by atoms with Crippen LogP contribution in [0.3, 0.4) is 0 Å². The van der Waals surface area contributed by atoms with Crippen molar-refractivity contribution < 1.29 is 13.6 Å². The van der Waals surface area contributed by atoms with Gasteiger partial charge < -0.3 is 5.32 Å². The first-order chi connectivity index (χ1) is 11.8. The van der Waals surface area contributed by atoms with E-state index >= 15 is 0 Å². The summed E-state index contributed by atoms with van der Waals surface area (Å²) in [6.45, 7) is 3.75. The Balaban J connectivity index is 1.75. The summed E-state index contributed by atoms with van der Waals surface area (Å²) in [6, 6.07) is 3.18. The molecule has 0 aliphatic carbocycles. The van der Waals surface area contributed by atoms with E-state index in [0.717, 1.165) is 46.5 Å². The number of thiazole rings is 1. The first kappa shape index (κ1) is 17.2. The smallest absolute Gasteiger partial charge is 0.230 e. The molecule has 1 N–H and O–H groups in total. The van der Waals surface area contributed by atoms with Gasteiger partial charge in [0.2, 0.25) is 5.91 Å². The number of benzene rings is 1. The molecule has 5 nitrogen and oxygen atoms in total. The maximum atomic E-state index is 13.8. The third-order valence-electron chi connectivity index (χ3n) is 3.95. The van der Waals surface area contributed by atoms with Crippen LogP contribution in [0.4, 0.5) is 13.9 Å². The number of nitrogens with zero attached hydrogens (tertiary/aromatic N) is 3. The summed E-state index contributed by atoms with van der Waals surface area (Å²) in [5, 5.41) is 8.89. The molecule has 0 aliphatic heterocycles. The molecule has 0 radical (unpaired) electrons. The average molecular weight is 362 g/mol. The fourth-order valence-electron chi connectivity index (χ4n) is 2.55. The van der Waals surface area contributed by atoms with Crippen LogP contribution in [0.25, 0.3) is 11.3 Å². The normalized spacial score (nSPS) is 10.9. The highest BCUT2D eigenvalue weighted by Gasteiger charge is 2.16. The van der Waals surface area contributed by atoms with Crippen LogP contribution in [0.15, 0.2) is 23.6 Å². The molecule has 130 valence electrons. The lowest BCUT2D eigenvalue weighted by molar-refractivity contribution is -0.115. The fraction of sp³-hybridized carbons (Fsp3) is 0.235. The molecule has 0 saturated carbocycles. The number of hydrogen-bond acceptors (Lipinski definition) is 4. The number of carbonyl (C=O) groups excluding carboxylic acids is 1. The van der Waals surface area contributed by atoms with E-state index in [1.54, 1.807) is 10.1 Å². The predicted octanol–water partition coefficient (Wildman–Crippen LogP) is 3.62. The van der Waals surface area contributed by atoms with Crippen LogP contribution in [-0.4, -0.2) is 20.7 Å². The van der Waals surface area contributed by atoms with Gasteiger partial charge in [0.05, 0.1) is 17.8 Å². The fourth-order valence-corrected chi connectivity index (χ4v) is 3.27. The molecule has 2 heterocycles. The zero-order valence-corrected chi connectivity index (χ0v) is 14.7. The second-order valence-electron chi connectivity index (χ2n) is 5.66. The Bertz CT molecular complexity index is 948. The number of halogens is 2. The maximum Gasteiger partial charge on any atom is 0.230 e. The molecule has 3 aromatic rings. The number of anilines is 1. The van der Waals surface area contributed by atoms with E-state index in [1.165, 1.54) is 0 Å². The molecule has 0 fully saturated rings. The van der Waals surface area contributed by atoms with Gasteiger partial charge in [0.25, 0.3) is 0 Å². The van der Waals surface area contributed by atoms with Gasteiger partial charge in [-0.3, -0.25) is 9.48 Å². The standard InChI is InChI=1S/C17H16F2N4OS/c1-9-12(10(2)23(3)22-9)7-16(24)21-17-20-15(8-25-17)13-6-11(18)4-5-14(13)19/h4-6,8H,7H2,1-3H3,(H,20,21,24). The summed E-state index contributed by atoms with van der Waals surface area (Å²) < 4.78 is 28.8. The van der Waals surface area contributed by atoms with E-state index in [1.807, 2.05) is 20.9 Å². The predicted molar refractivity (Wildman–Crippen MR) is 92.5 cm³/mol. The van der Waals surface area contributed by atoms with Crippen LogP contribution in [0.5, 0.6) is 0 Å². The summed E-state index contributed by atoms with van der Waals surface area (Å²) in [5.41, 5.74) is 2.95. The van der Waals surface area contributed by atoms with E-state index in [-0.39, 0.29) is 23.6 Å². The lowest BCUT2D eigenvalue weighted by Crippen LogP contribution is -2.15. The number of aryl methyl sites for hydroxylation is 2. The molecule has 0 spiro atoms. The number of carbonyl (C=O) groups is 1. The van der Waals surface area contributed by atoms with Gasteiger partial charge in [-0.1, -0.05) is 0 Å². The molecule has 3 rings (SSSR count). The molecular weight excluding hydrogens is 346 g/mol. The Morgan fingerprint density at radius 1 is 1.32 bits per heavy atom. The molecule has 0 saturated heterocycles. The third kappa shape index (κ3) is 3.58. The van der Waals surface area contributed by atoms with Crippen LogP contribution in [0.1, 0.15) is 17.0 Å². The zero-order chi connectivity index (χ0) is 18.1. The molecule has 2 aromatic heterocycles. The lowest BCUT2D eigenvalue weighted by Gasteiger charge is -2.03. The topological polar surface area (TPSA) is 59.8 Å². The van der Waals surface area contributed by atoms with Crippen molar-refractivity contribution in [1.29, 1.82) is 0 Å². The Hall–Kier alpha value is -2.61. The van der Waals surface area contributed by atoms with E-state index in [9.17, 15) is 13.6 Å². The quantitative estimate of drug-likeness (QED) is 0.771. The van der Waals surface area contributed by atoms with Gasteiger partial charge >= 0.3 is 0 Å². The summed E-state index contributed by atoms with van der Waals surface area (Å²) in [4.78, 5) is 16.4. The number of nitrogens with one attached hydrogen (secondary N) is 1. The lowest BCUT2D eigenvalue weighted by atomic mass is 10.1. The number of rotatable bonds is 4. The van der Waals surface area contributed by atoms with Crippen molar-refractivity contribution >= 4 is 22.4 Å². The molecule has 0 bridgehead atoms. The Labute approximate surface area is 147 Å². The SMILES string of the molecule is Cc1nn(C)c(C)c1CC(=O)Nc1nc(-c2cc(F)ccc2F)cs1. The highest BCUT2D eigenvalue weighted by atomic mass is 32.1. The van der Waals surface area contributed by atoms with Gasteiger partial charge in [0.1, 0.15) is 11.6 Å². The first-order valence-corrected chi connectivity index (χ1v) is 8.43. The molecule has 1 amide bonds. The van der Waals surface area contributed by atoms with Crippen LogP contribution in [-0.2, 0) is 18.3 Å². The third-order valence-corrected chi connectivity index (χ3v) is 4.71. The largest absolute Gasteiger partial charge is 0.302 e. The van der Waals surface area contributed by atoms with Gasteiger partial charge in [0.15, 0.2) is 5.13 Å². The van der Waals surface area contributed by atoms with E-state index in [2.05, 4.69) is 15.4 Å². The second kappa shape index (κ2) is 6.72. The van der Waals surface area contributed by atoms with Gasteiger partial charge in [-0.15, -0.1) is 11.3 Å². The monoisotopic (exact) mass is 362 g/mol. The van der Waals surface area contributed by atoms with Gasteiger partial charge in [-0.05, 0) is 32.0 Å². The van der Waals surface area contributed by atoms with E-state index in [4.69, 9.17) is 0 Å². The van der Waals surface area contributed by atoms with Crippen LogP contribution < -0.4 is 5.32 Å². The molecule has 25 heavy (non-hydrogen) atoms. The summed E-state index contributed by atoms with van der Waals surface area (Å²) in [6.07, 6.45) is 0.175. The maximum absolute atomic E-state index is 13.8. The van der Waals surface area contributed by atoms with Gasteiger partial charge in [-0.25, -0.2) is 13.8 Å². The number of amides is 1. The molecule has 0 unspecified atom stereocenters. The Kier molecular flexibility index (Phi) is 4.63. The van der Waals surface area contributed by atoms with Crippen LogP contribution in [0, 0.1) is 25.5 Å². The average Bonchev–Trinajstić information content (AvgIpc) is 3.10. The highest BCUT2D eigenvalue weighted by Crippen LogP contribution is 2.27.